The molecule has 3 heterocycles. The van der Waals surface area contributed by atoms with Crippen LogP contribution in [0.25, 0.3) is 0 Å². The molecule has 6 nitrogen and oxygen atoms in total. The average molecular weight is 445 g/mol. The summed E-state index contributed by atoms with van der Waals surface area (Å²) in [4.78, 5) is 9.40. The van der Waals surface area contributed by atoms with Crippen LogP contribution in [0.1, 0.15) is 43.9 Å². The van der Waals surface area contributed by atoms with Gasteiger partial charge in [0.05, 0.1) is 17.6 Å². The van der Waals surface area contributed by atoms with Gasteiger partial charge in [0.1, 0.15) is 0 Å². The molecule has 0 unspecified atom stereocenters. The zero-order chi connectivity index (χ0) is 21.9. The second-order valence-electron chi connectivity index (χ2n) is 9.48. The number of imidazole rings is 1. The third kappa shape index (κ3) is 5.21. The van der Waals surface area contributed by atoms with Gasteiger partial charge in [-0.3, -0.25) is 4.90 Å². The second-order valence-corrected chi connectivity index (χ2v) is 11.7. The summed E-state index contributed by atoms with van der Waals surface area (Å²) in [6, 6.07) is 10.3. The molecule has 1 spiro atoms. The second kappa shape index (κ2) is 9.43. The Bertz CT molecular complexity index is 969. The van der Waals surface area contributed by atoms with Crippen LogP contribution >= 0.6 is 0 Å². The van der Waals surface area contributed by atoms with Crippen molar-refractivity contribution in [3.8, 4) is 0 Å². The molecule has 1 aromatic heterocycles. The Morgan fingerprint density at radius 1 is 1.06 bits per heavy atom. The van der Waals surface area contributed by atoms with Gasteiger partial charge in [-0.15, -0.1) is 0 Å². The van der Waals surface area contributed by atoms with E-state index in [9.17, 15) is 8.42 Å². The Morgan fingerprint density at radius 3 is 2.52 bits per heavy atom. The van der Waals surface area contributed by atoms with Crippen molar-refractivity contribution in [1.82, 2.24) is 19.4 Å². The fourth-order valence-corrected chi connectivity index (χ4v) is 6.50. The van der Waals surface area contributed by atoms with Crippen LogP contribution in [0.3, 0.4) is 0 Å². The number of aryl methyl sites for hydroxylation is 1. The van der Waals surface area contributed by atoms with Crippen molar-refractivity contribution >= 4 is 9.84 Å². The van der Waals surface area contributed by atoms with Gasteiger partial charge in [-0.1, -0.05) is 37.3 Å². The molecule has 2 fully saturated rings. The predicted molar refractivity (Wildman–Crippen MR) is 124 cm³/mol. The highest BCUT2D eigenvalue weighted by Crippen LogP contribution is 2.38. The minimum absolute atomic E-state index is 0.0773. The summed E-state index contributed by atoms with van der Waals surface area (Å²) in [5, 5.41) is 0.227. The summed E-state index contributed by atoms with van der Waals surface area (Å²) in [5.41, 5.74) is 2.62. The number of likely N-dealkylation sites (tertiary alicyclic amines) is 2. The molecular weight excluding hydrogens is 408 g/mol. The smallest absolute Gasteiger partial charge is 0.227 e. The third-order valence-electron chi connectivity index (χ3n) is 7.01. The van der Waals surface area contributed by atoms with Crippen LogP contribution in [-0.2, 0) is 29.3 Å². The highest BCUT2D eigenvalue weighted by molar-refractivity contribution is 7.91. The van der Waals surface area contributed by atoms with Crippen molar-refractivity contribution in [2.75, 3.05) is 39.0 Å². The van der Waals surface area contributed by atoms with E-state index >= 15 is 0 Å². The first-order valence-electron chi connectivity index (χ1n) is 11.6. The number of hydrogen-bond donors (Lipinski definition) is 0. The van der Waals surface area contributed by atoms with Gasteiger partial charge in [0, 0.05) is 26.2 Å². The summed E-state index contributed by atoms with van der Waals surface area (Å²) in [6.45, 7) is 7.64. The first-order chi connectivity index (χ1) is 14.9. The molecule has 2 saturated heterocycles. The van der Waals surface area contributed by atoms with E-state index in [1.807, 2.05) is 22.8 Å². The lowest BCUT2D eigenvalue weighted by molar-refractivity contribution is 0.0188. The molecule has 2 aliphatic heterocycles. The quantitative estimate of drug-likeness (QED) is 0.656. The van der Waals surface area contributed by atoms with Crippen LogP contribution in [0.4, 0.5) is 0 Å². The molecule has 0 saturated carbocycles. The topological polar surface area (TPSA) is 58.4 Å². The Balaban J connectivity index is 1.54. The lowest BCUT2D eigenvalue weighted by atomic mass is 9.74. The van der Waals surface area contributed by atoms with Crippen molar-refractivity contribution in [1.29, 1.82) is 0 Å². The van der Waals surface area contributed by atoms with E-state index in [0.29, 0.717) is 12.0 Å². The van der Waals surface area contributed by atoms with E-state index < -0.39 is 9.84 Å². The van der Waals surface area contributed by atoms with Crippen LogP contribution in [-0.4, -0.2) is 66.7 Å². The number of hydrogen-bond acceptors (Lipinski definition) is 5. The Kier molecular flexibility index (Phi) is 6.84. The summed E-state index contributed by atoms with van der Waals surface area (Å²) in [5.74, 6) is 0.0773. The van der Waals surface area contributed by atoms with Crippen LogP contribution in [0.5, 0.6) is 0 Å². The predicted octanol–water partition coefficient (Wildman–Crippen LogP) is 3.23. The third-order valence-corrected chi connectivity index (χ3v) is 8.65. The van der Waals surface area contributed by atoms with Crippen molar-refractivity contribution in [3.63, 3.8) is 0 Å². The number of benzene rings is 1. The van der Waals surface area contributed by atoms with Crippen molar-refractivity contribution in [2.45, 2.75) is 57.3 Å². The molecule has 170 valence electrons. The van der Waals surface area contributed by atoms with E-state index in [1.165, 1.54) is 44.3 Å². The fourth-order valence-electron chi connectivity index (χ4n) is 5.48. The molecule has 7 heteroatoms. The van der Waals surface area contributed by atoms with E-state index in [4.69, 9.17) is 0 Å². The number of aromatic nitrogens is 2. The molecule has 31 heavy (non-hydrogen) atoms. The summed E-state index contributed by atoms with van der Waals surface area (Å²) < 4.78 is 27.4. The van der Waals surface area contributed by atoms with Crippen molar-refractivity contribution < 1.29 is 8.42 Å². The standard InChI is InChI=1S/C24H36N4O2S/c1-3-31(29,30)23-25-17-22(28(23)16-11-21-9-5-4-6-10-21)18-27-15-8-13-24(20-27)12-7-14-26(2)19-24/h4-6,9-10,17H,3,7-8,11-16,18-20H2,1-2H3/t24-/m0/s1. The van der Waals surface area contributed by atoms with Gasteiger partial charge >= 0.3 is 0 Å². The Morgan fingerprint density at radius 2 is 1.81 bits per heavy atom. The summed E-state index contributed by atoms with van der Waals surface area (Å²) in [6.07, 6.45) is 7.68. The first kappa shape index (κ1) is 22.5. The maximum Gasteiger partial charge on any atom is 0.227 e. The van der Waals surface area contributed by atoms with Crippen molar-refractivity contribution in [2.24, 2.45) is 5.41 Å². The number of sulfone groups is 1. The highest BCUT2D eigenvalue weighted by atomic mass is 32.2. The Labute approximate surface area is 187 Å². The van der Waals surface area contributed by atoms with Gasteiger partial charge < -0.3 is 9.47 Å². The zero-order valence-electron chi connectivity index (χ0n) is 19.0. The molecule has 0 radical (unpaired) electrons. The molecule has 4 rings (SSSR count). The fraction of sp³-hybridized carbons (Fsp3) is 0.625. The molecule has 0 N–H and O–H groups in total. The molecule has 1 atom stereocenters. The lowest BCUT2D eigenvalue weighted by Crippen LogP contribution is -2.51. The van der Waals surface area contributed by atoms with Gasteiger partial charge in [0.15, 0.2) is 0 Å². The van der Waals surface area contributed by atoms with E-state index in [0.717, 1.165) is 31.7 Å². The van der Waals surface area contributed by atoms with Crippen molar-refractivity contribution in [3.05, 3.63) is 47.8 Å². The minimum atomic E-state index is -3.36. The van der Waals surface area contributed by atoms with Gasteiger partial charge in [-0.2, -0.15) is 0 Å². The normalized spacial score (nSPS) is 23.4. The zero-order valence-corrected chi connectivity index (χ0v) is 19.8. The van der Waals surface area contributed by atoms with Crippen LogP contribution < -0.4 is 0 Å². The molecule has 0 aliphatic carbocycles. The summed E-state index contributed by atoms with van der Waals surface area (Å²) in [7, 11) is -1.12. The molecule has 0 bridgehead atoms. The number of nitrogens with zero attached hydrogens (tertiary/aromatic N) is 4. The monoisotopic (exact) mass is 444 g/mol. The maximum absolute atomic E-state index is 12.7. The van der Waals surface area contributed by atoms with Gasteiger partial charge in [-0.25, -0.2) is 13.4 Å². The van der Waals surface area contributed by atoms with E-state index in [-0.39, 0.29) is 10.9 Å². The van der Waals surface area contributed by atoms with E-state index in [1.54, 1.807) is 13.1 Å². The maximum atomic E-state index is 12.7. The molecule has 2 aliphatic rings. The molecule has 2 aromatic rings. The largest absolute Gasteiger partial charge is 0.317 e. The van der Waals surface area contributed by atoms with Gasteiger partial charge in [0.25, 0.3) is 0 Å². The average Bonchev–Trinajstić information content (AvgIpc) is 3.16. The Hall–Kier alpha value is -1.70. The number of piperidine rings is 2. The minimum Gasteiger partial charge on any atom is -0.317 e. The first-order valence-corrected chi connectivity index (χ1v) is 13.3. The molecular formula is C24H36N4O2S. The highest BCUT2D eigenvalue weighted by Gasteiger charge is 2.38. The molecule has 0 amide bonds. The number of rotatable bonds is 7. The lowest BCUT2D eigenvalue weighted by Gasteiger charge is -2.47. The van der Waals surface area contributed by atoms with Crippen LogP contribution in [0, 0.1) is 5.41 Å². The van der Waals surface area contributed by atoms with Gasteiger partial charge in [-0.05, 0) is 63.2 Å². The van der Waals surface area contributed by atoms with Crippen LogP contribution in [0.2, 0.25) is 0 Å². The van der Waals surface area contributed by atoms with E-state index in [2.05, 4.69) is 34.0 Å². The van der Waals surface area contributed by atoms with Crippen LogP contribution in [0.15, 0.2) is 41.7 Å². The summed E-state index contributed by atoms with van der Waals surface area (Å²) >= 11 is 0. The van der Waals surface area contributed by atoms with Gasteiger partial charge in [0.2, 0.25) is 15.0 Å². The SMILES string of the molecule is CCS(=O)(=O)c1ncc(CN2CCC[C@]3(CCCN(C)C3)C2)n1CCc1ccccc1. The molecule has 1 aromatic carbocycles.